The molecule has 0 saturated heterocycles. The van der Waals surface area contributed by atoms with E-state index in [1.165, 1.54) is 12.1 Å². The standard InChI is InChI=1S/C13H7NO3/c14-6-10-5-9(7-15)1-3-12(10)13-4-2-11(8-16)17-13/h1-5,7-8H. The molecule has 17 heavy (non-hydrogen) atoms. The summed E-state index contributed by atoms with van der Waals surface area (Å²) in [4.78, 5) is 21.1. The smallest absolute Gasteiger partial charge is 0.185 e. The Kier molecular flexibility index (Phi) is 2.84. The van der Waals surface area contributed by atoms with Gasteiger partial charge in [0.1, 0.15) is 12.0 Å². The predicted octanol–water partition coefficient (Wildman–Crippen LogP) is 2.44. The van der Waals surface area contributed by atoms with Crippen molar-refractivity contribution in [3.8, 4) is 17.4 Å². The van der Waals surface area contributed by atoms with Crippen LogP contribution >= 0.6 is 0 Å². The Morgan fingerprint density at radius 2 is 1.94 bits per heavy atom. The first-order chi connectivity index (χ1) is 8.28. The van der Waals surface area contributed by atoms with Crippen LogP contribution in [-0.4, -0.2) is 12.6 Å². The van der Waals surface area contributed by atoms with Gasteiger partial charge < -0.3 is 4.42 Å². The van der Waals surface area contributed by atoms with Crippen LogP contribution in [0.4, 0.5) is 0 Å². The van der Waals surface area contributed by atoms with Gasteiger partial charge in [0.2, 0.25) is 0 Å². The maximum Gasteiger partial charge on any atom is 0.185 e. The molecule has 0 aliphatic rings. The van der Waals surface area contributed by atoms with Crippen molar-refractivity contribution < 1.29 is 14.0 Å². The summed E-state index contributed by atoms with van der Waals surface area (Å²) in [5.41, 5.74) is 1.32. The molecule has 0 bridgehead atoms. The molecule has 4 nitrogen and oxygen atoms in total. The molecule has 2 aromatic rings. The van der Waals surface area contributed by atoms with Crippen molar-refractivity contribution in [3.05, 3.63) is 47.2 Å². The SMILES string of the molecule is N#Cc1cc(C=O)ccc1-c1ccc(C=O)o1. The van der Waals surface area contributed by atoms with Gasteiger partial charge in [0.05, 0.1) is 11.6 Å². The summed E-state index contributed by atoms with van der Waals surface area (Å²) in [6.07, 6.45) is 1.26. The van der Waals surface area contributed by atoms with Gasteiger partial charge >= 0.3 is 0 Å². The summed E-state index contributed by atoms with van der Waals surface area (Å²) in [7, 11) is 0. The highest BCUT2D eigenvalue weighted by Gasteiger charge is 2.10. The molecule has 0 atom stereocenters. The maximum absolute atomic E-state index is 10.6. The van der Waals surface area contributed by atoms with E-state index in [2.05, 4.69) is 0 Å². The van der Waals surface area contributed by atoms with Crippen molar-refractivity contribution in [1.29, 1.82) is 5.26 Å². The Bertz CT molecular complexity index is 620. The van der Waals surface area contributed by atoms with Crippen molar-refractivity contribution in [3.63, 3.8) is 0 Å². The van der Waals surface area contributed by atoms with E-state index in [1.807, 2.05) is 6.07 Å². The van der Waals surface area contributed by atoms with Crippen LogP contribution in [0.2, 0.25) is 0 Å². The average molecular weight is 225 g/mol. The van der Waals surface area contributed by atoms with Crippen LogP contribution in [0.5, 0.6) is 0 Å². The highest BCUT2D eigenvalue weighted by Crippen LogP contribution is 2.25. The summed E-state index contributed by atoms with van der Waals surface area (Å²) in [5.74, 6) is 0.629. The minimum Gasteiger partial charge on any atom is -0.453 e. The van der Waals surface area contributed by atoms with E-state index < -0.39 is 0 Å². The lowest BCUT2D eigenvalue weighted by Crippen LogP contribution is -1.86. The normalized spacial score (nSPS) is 9.59. The fourth-order valence-electron chi connectivity index (χ4n) is 1.50. The summed E-state index contributed by atoms with van der Waals surface area (Å²) < 4.78 is 5.23. The molecule has 0 amide bonds. The molecule has 0 saturated carbocycles. The molecule has 82 valence electrons. The predicted molar refractivity (Wildman–Crippen MR) is 59.6 cm³/mol. The number of aldehydes is 2. The van der Waals surface area contributed by atoms with Crippen molar-refractivity contribution >= 4 is 12.6 Å². The molecule has 1 heterocycles. The van der Waals surface area contributed by atoms with Crippen LogP contribution in [0.25, 0.3) is 11.3 Å². The van der Waals surface area contributed by atoms with Gasteiger partial charge in [-0.2, -0.15) is 5.26 Å². The topological polar surface area (TPSA) is 71.1 Å². The Labute approximate surface area is 97.1 Å². The van der Waals surface area contributed by atoms with Gasteiger partial charge in [0.15, 0.2) is 12.0 Å². The Morgan fingerprint density at radius 1 is 1.12 bits per heavy atom. The number of hydrogen-bond acceptors (Lipinski definition) is 4. The molecule has 0 fully saturated rings. The van der Waals surface area contributed by atoms with Crippen molar-refractivity contribution in [1.82, 2.24) is 0 Å². The second-order valence-electron chi connectivity index (χ2n) is 3.35. The van der Waals surface area contributed by atoms with Crippen molar-refractivity contribution in [2.24, 2.45) is 0 Å². The molecular formula is C13H7NO3. The third-order valence-electron chi connectivity index (χ3n) is 2.31. The summed E-state index contributed by atoms with van der Waals surface area (Å²) >= 11 is 0. The van der Waals surface area contributed by atoms with E-state index in [4.69, 9.17) is 9.68 Å². The fourth-order valence-corrected chi connectivity index (χ4v) is 1.50. The molecule has 0 N–H and O–H groups in total. The largest absolute Gasteiger partial charge is 0.453 e. The molecule has 2 rings (SSSR count). The molecule has 1 aromatic heterocycles. The van der Waals surface area contributed by atoms with Crippen LogP contribution < -0.4 is 0 Å². The lowest BCUT2D eigenvalue weighted by Gasteiger charge is -2.00. The molecule has 1 aromatic carbocycles. The minimum atomic E-state index is 0.198. The van der Waals surface area contributed by atoms with Gasteiger partial charge in [-0.1, -0.05) is 6.07 Å². The zero-order chi connectivity index (χ0) is 12.3. The zero-order valence-corrected chi connectivity index (χ0v) is 8.71. The Morgan fingerprint density at radius 3 is 2.53 bits per heavy atom. The molecule has 0 aliphatic carbocycles. The van der Waals surface area contributed by atoms with Crippen LogP contribution in [0, 0.1) is 11.3 Å². The van der Waals surface area contributed by atoms with E-state index in [1.54, 1.807) is 18.2 Å². The number of nitrogens with zero attached hydrogens (tertiary/aromatic N) is 1. The van der Waals surface area contributed by atoms with Crippen LogP contribution in [0.1, 0.15) is 26.5 Å². The number of carbonyl (C=O) groups is 2. The molecule has 0 radical (unpaired) electrons. The Balaban J connectivity index is 2.55. The lowest BCUT2D eigenvalue weighted by atomic mass is 10.0. The number of rotatable bonds is 3. The first-order valence-corrected chi connectivity index (χ1v) is 4.83. The number of hydrogen-bond donors (Lipinski definition) is 0. The van der Waals surface area contributed by atoms with Gasteiger partial charge in [0.25, 0.3) is 0 Å². The van der Waals surface area contributed by atoms with Crippen LogP contribution in [0.15, 0.2) is 34.7 Å². The van der Waals surface area contributed by atoms with Crippen LogP contribution in [0.3, 0.4) is 0 Å². The van der Waals surface area contributed by atoms with Crippen molar-refractivity contribution in [2.75, 3.05) is 0 Å². The van der Waals surface area contributed by atoms with E-state index in [-0.39, 0.29) is 5.76 Å². The number of benzene rings is 1. The molecular weight excluding hydrogens is 218 g/mol. The second-order valence-corrected chi connectivity index (χ2v) is 3.35. The summed E-state index contributed by atoms with van der Waals surface area (Å²) in [5, 5.41) is 8.99. The third kappa shape index (κ3) is 1.99. The molecule has 0 unspecified atom stereocenters. The van der Waals surface area contributed by atoms with Gasteiger partial charge in [-0.05, 0) is 24.3 Å². The third-order valence-corrected chi connectivity index (χ3v) is 2.31. The number of carbonyl (C=O) groups excluding carboxylic acids is 2. The highest BCUT2D eigenvalue weighted by atomic mass is 16.3. The van der Waals surface area contributed by atoms with Crippen molar-refractivity contribution in [2.45, 2.75) is 0 Å². The van der Waals surface area contributed by atoms with Gasteiger partial charge in [-0.25, -0.2) is 0 Å². The first-order valence-electron chi connectivity index (χ1n) is 4.83. The highest BCUT2D eigenvalue weighted by molar-refractivity contribution is 5.80. The van der Waals surface area contributed by atoms with Gasteiger partial charge in [-0.15, -0.1) is 0 Å². The van der Waals surface area contributed by atoms with E-state index in [0.717, 1.165) is 0 Å². The van der Waals surface area contributed by atoms with Crippen LogP contribution in [-0.2, 0) is 0 Å². The summed E-state index contributed by atoms with van der Waals surface area (Å²) in [6, 6.07) is 9.81. The molecule has 4 heteroatoms. The van der Waals surface area contributed by atoms with E-state index in [9.17, 15) is 9.59 Å². The quantitative estimate of drug-likeness (QED) is 0.752. The van der Waals surface area contributed by atoms with Gasteiger partial charge in [0, 0.05) is 11.1 Å². The minimum absolute atomic E-state index is 0.198. The molecule has 0 aliphatic heterocycles. The second kappa shape index (κ2) is 4.45. The first kappa shape index (κ1) is 10.8. The number of nitriles is 1. The maximum atomic E-state index is 10.6. The monoisotopic (exact) mass is 225 g/mol. The fraction of sp³-hybridized carbons (Fsp3) is 0. The number of furan rings is 1. The molecule has 0 spiro atoms. The van der Waals surface area contributed by atoms with Gasteiger partial charge in [-0.3, -0.25) is 9.59 Å². The average Bonchev–Trinajstić information content (AvgIpc) is 2.86. The lowest BCUT2D eigenvalue weighted by molar-refractivity contribution is 0.109. The van der Waals surface area contributed by atoms with E-state index >= 15 is 0 Å². The zero-order valence-electron chi connectivity index (χ0n) is 8.71. The van der Waals surface area contributed by atoms with E-state index in [0.29, 0.717) is 35.0 Å². The Hall–Kier alpha value is -2.67. The summed E-state index contributed by atoms with van der Waals surface area (Å²) in [6.45, 7) is 0.